The minimum absolute atomic E-state index is 0.0707. The molecule has 0 aromatic heterocycles. The number of nitrogens with zero attached hydrogens (tertiary/aromatic N) is 1. The lowest BCUT2D eigenvalue weighted by atomic mass is 10.3. The summed E-state index contributed by atoms with van der Waals surface area (Å²) < 4.78 is 18.9. The van der Waals surface area contributed by atoms with Crippen molar-refractivity contribution >= 4 is 21.6 Å². The zero-order chi connectivity index (χ0) is 13.1. The predicted octanol–water partition coefficient (Wildman–Crippen LogP) is 4.29. The molecule has 2 aromatic rings. The lowest BCUT2D eigenvalue weighted by Crippen LogP contribution is -1.94. The smallest absolute Gasteiger partial charge is 0.286 e. The van der Waals surface area contributed by atoms with Gasteiger partial charge in [0, 0.05) is 6.07 Å². The van der Waals surface area contributed by atoms with E-state index in [9.17, 15) is 14.5 Å². The van der Waals surface area contributed by atoms with Crippen LogP contribution in [-0.4, -0.2) is 4.92 Å². The van der Waals surface area contributed by atoms with Gasteiger partial charge in [-0.15, -0.1) is 0 Å². The number of halogens is 2. The average molecular weight is 312 g/mol. The fourth-order valence-electron chi connectivity index (χ4n) is 1.36. The minimum Gasteiger partial charge on any atom is -0.454 e. The van der Waals surface area contributed by atoms with E-state index in [0.29, 0.717) is 5.75 Å². The molecule has 2 rings (SSSR count). The van der Waals surface area contributed by atoms with Gasteiger partial charge in [-0.1, -0.05) is 18.2 Å². The molecule has 0 aliphatic rings. The number of nitro benzene ring substituents is 1. The Morgan fingerprint density at radius 1 is 1.17 bits per heavy atom. The summed E-state index contributed by atoms with van der Waals surface area (Å²) in [4.78, 5) is 9.94. The Bertz CT molecular complexity index is 589. The molecule has 0 spiro atoms. The highest BCUT2D eigenvalue weighted by molar-refractivity contribution is 9.10. The SMILES string of the molecule is O=[N+]([O-])c1ccc(Oc2ccccc2)c(F)c1Br. The predicted molar refractivity (Wildman–Crippen MR) is 67.3 cm³/mol. The summed E-state index contributed by atoms with van der Waals surface area (Å²) in [7, 11) is 0. The lowest BCUT2D eigenvalue weighted by Gasteiger charge is -2.07. The normalized spacial score (nSPS) is 10.1. The highest BCUT2D eigenvalue weighted by Crippen LogP contribution is 2.35. The van der Waals surface area contributed by atoms with Crippen LogP contribution >= 0.6 is 15.9 Å². The molecule has 0 heterocycles. The van der Waals surface area contributed by atoms with Crippen molar-refractivity contribution in [1.82, 2.24) is 0 Å². The van der Waals surface area contributed by atoms with Crippen LogP contribution in [0.2, 0.25) is 0 Å². The number of hydrogen-bond donors (Lipinski definition) is 0. The Morgan fingerprint density at radius 2 is 1.83 bits per heavy atom. The number of rotatable bonds is 3. The summed E-state index contributed by atoms with van der Waals surface area (Å²) in [5.41, 5.74) is -0.340. The van der Waals surface area contributed by atoms with E-state index >= 15 is 0 Å². The number of benzene rings is 2. The molecule has 18 heavy (non-hydrogen) atoms. The zero-order valence-corrected chi connectivity index (χ0v) is 10.6. The van der Waals surface area contributed by atoms with E-state index in [4.69, 9.17) is 4.74 Å². The van der Waals surface area contributed by atoms with Crippen molar-refractivity contribution < 1.29 is 14.1 Å². The quantitative estimate of drug-likeness (QED) is 0.627. The fourth-order valence-corrected chi connectivity index (χ4v) is 1.83. The van der Waals surface area contributed by atoms with E-state index in [0.717, 1.165) is 0 Å². The molecule has 0 unspecified atom stereocenters. The summed E-state index contributed by atoms with van der Waals surface area (Å²) in [5.74, 6) is -0.413. The molecule has 0 atom stereocenters. The summed E-state index contributed by atoms with van der Waals surface area (Å²) in [6.45, 7) is 0. The van der Waals surface area contributed by atoms with Crippen LogP contribution in [0.1, 0.15) is 0 Å². The van der Waals surface area contributed by atoms with Crippen LogP contribution < -0.4 is 4.74 Å². The summed E-state index contributed by atoms with van der Waals surface area (Å²) in [5, 5.41) is 10.6. The average Bonchev–Trinajstić information content (AvgIpc) is 2.36. The van der Waals surface area contributed by atoms with Gasteiger partial charge in [0.2, 0.25) is 0 Å². The highest BCUT2D eigenvalue weighted by Gasteiger charge is 2.20. The van der Waals surface area contributed by atoms with E-state index in [2.05, 4.69) is 15.9 Å². The van der Waals surface area contributed by atoms with Gasteiger partial charge in [-0.25, -0.2) is 4.39 Å². The van der Waals surface area contributed by atoms with Crippen molar-refractivity contribution in [2.24, 2.45) is 0 Å². The van der Waals surface area contributed by atoms with E-state index in [-0.39, 0.29) is 15.9 Å². The molecule has 0 bridgehead atoms. The maximum absolute atomic E-state index is 13.8. The zero-order valence-electron chi connectivity index (χ0n) is 8.97. The van der Waals surface area contributed by atoms with Gasteiger partial charge in [0.1, 0.15) is 10.2 Å². The standard InChI is InChI=1S/C12H7BrFNO3/c13-11-9(15(16)17)6-7-10(12(11)14)18-8-4-2-1-3-5-8/h1-7H. The van der Waals surface area contributed by atoms with E-state index < -0.39 is 10.7 Å². The maximum atomic E-state index is 13.8. The molecule has 0 saturated carbocycles. The maximum Gasteiger partial charge on any atom is 0.286 e. The molecule has 0 saturated heterocycles. The molecule has 0 radical (unpaired) electrons. The van der Waals surface area contributed by atoms with Gasteiger partial charge < -0.3 is 4.74 Å². The van der Waals surface area contributed by atoms with Gasteiger partial charge >= 0.3 is 0 Å². The van der Waals surface area contributed by atoms with Crippen molar-refractivity contribution in [1.29, 1.82) is 0 Å². The highest BCUT2D eigenvalue weighted by atomic mass is 79.9. The van der Waals surface area contributed by atoms with Crippen LogP contribution in [-0.2, 0) is 0 Å². The Kier molecular flexibility index (Phi) is 3.57. The van der Waals surface area contributed by atoms with Crippen molar-refractivity contribution in [3.8, 4) is 11.5 Å². The molecule has 92 valence electrons. The summed E-state index contributed by atoms with van der Waals surface area (Å²) in [6.07, 6.45) is 0. The first kappa shape index (κ1) is 12.5. The number of hydrogen-bond acceptors (Lipinski definition) is 3. The third-order valence-corrected chi connectivity index (χ3v) is 2.95. The first-order valence-corrected chi connectivity index (χ1v) is 5.74. The van der Waals surface area contributed by atoms with Crippen LogP contribution in [0.15, 0.2) is 46.9 Å². The van der Waals surface area contributed by atoms with Crippen molar-refractivity contribution in [2.75, 3.05) is 0 Å². The molecule has 4 nitrogen and oxygen atoms in total. The van der Waals surface area contributed by atoms with Crippen LogP contribution in [0, 0.1) is 15.9 Å². The van der Waals surface area contributed by atoms with Crippen molar-refractivity contribution in [3.63, 3.8) is 0 Å². The third kappa shape index (κ3) is 2.48. The Hall–Kier alpha value is -1.95. The molecule has 2 aromatic carbocycles. The van der Waals surface area contributed by atoms with Crippen molar-refractivity contribution in [2.45, 2.75) is 0 Å². The van der Waals surface area contributed by atoms with Gasteiger partial charge in [-0.3, -0.25) is 10.1 Å². The van der Waals surface area contributed by atoms with Crippen LogP contribution in [0.5, 0.6) is 11.5 Å². The molecule has 0 aliphatic heterocycles. The van der Waals surface area contributed by atoms with E-state index in [1.165, 1.54) is 12.1 Å². The number of nitro groups is 1. The minimum atomic E-state index is -0.798. The second-order valence-corrected chi connectivity index (χ2v) is 4.18. The number of para-hydroxylation sites is 1. The van der Waals surface area contributed by atoms with E-state index in [1.807, 2.05) is 0 Å². The molecule has 6 heteroatoms. The topological polar surface area (TPSA) is 52.4 Å². The Balaban J connectivity index is 2.36. The number of ether oxygens (including phenoxy) is 1. The largest absolute Gasteiger partial charge is 0.454 e. The molecule has 0 N–H and O–H groups in total. The second kappa shape index (κ2) is 5.14. The van der Waals surface area contributed by atoms with Gasteiger partial charge in [-0.2, -0.15) is 0 Å². The first-order valence-electron chi connectivity index (χ1n) is 4.95. The van der Waals surface area contributed by atoms with Gasteiger partial charge in [0.05, 0.1) is 4.92 Å². The summed E-state index contributed by atoms with van der Waals surface area (Å²) >= 11 is 2.85. The third-order valence-electron chi connectivity index (χ3n) is 2.19. The van der Waals surface area contributed by atoms with E-state index in [1.54, 1.807) is 30.3 Å². The summed E-state index contributed by atoms with van der Waals surface area (Å²) in [6, 6.07) is 11.0. The molecule has 0 fully saturated rings. The molecular formula is C12H7BrFNO3. The van der Waals surface area contributed by atoms with Crippen molar-refractivity contribution in [3.05, 3.63) is 62.9 Å². The van der Waals surface area contributed by atoms with Crippen LogP contribution in [0.3, 0.4) is 0 Å². The molecule has 0 aliphatic carbocycles. The van der Waals surface area contributed by atoms with Gasteiger partial charge in [-0.05, 0) is 34.1 Å². The molecular weight excluding hydrogens is 305 g/mol. The first-order chi connectivity index (χ1) is 8.59. The van der Waals surface area contributed by atoms with Gasteiger partial charge in [0.25, 0.3) is 5.69 Å². The van der Waals surface area contributed by atoms with Gasteiger partial charge in [0.15, 0.2) is 11.6 Å². The monoisotopic (exact) mass is 311 g/mol. The fraction of sp³-hybridized carbons (Fsp3) is 0. The van der Waals surface area contributed by atoms with Crippen LogP contribution in [0.25, 0.3) is 0 Å². The second-order valence-electron chi connectivity index (χ2n) is 3.38. The Morgan fingerprint density at radius 3 is 2.44 bits per heavy atom. The van der Waals surface area contributed by atoms with Crippen LogP contribution in [0.4, 0.5) is 10.1 Å². The lowest BCUT2D eigenvalue weighted by molar-refractivity contribution is -0.385. The molecule has 0 amide bonds. The Labute approximate surface area is 110 Å².